The Bertz CT molecular complexity index is 357. The van der Waals surface area contributed by atoms with Crippen LogP contribution in [0.3, 0.4) is 0 Å². The summed E-state index contributed by atoms with van der Waals surface area (Å²) >= 11 is 0. The first kappa shape index (κ1) is 14.3. The van der Waals surface area contributed by atoms with Crippen LogP contribution in [0.2, 0.25) is 0 Å². The summed E-state index contributed by atoms with van der Waals surface area (Å²) in [5.74, 6) is 0. The molecule has 1 aromatic carbocycles. The predicted octanol–water partition coefficient (Wildman–Crippen LogP) is 2.80. The highest BCUT2D eigenvalue weighted by Gasteiger charge is 1.93. The van der Waals surface area contributed by atoms with Crippen molar-refractivity contribution in [3.05, 3.63) is 36.5 Å². The number of benzene rings is 1. The molecule has 0 aliphatic heterocycles. The highest BCUT2D eigenvalue weighted by molar-refractivity contribution is 5.68. The lowest BCUT2D eigenvalue weighted by molar-refractivity contribution is 0.707. The van der Waals surface area contributed by atoms with Gasteiger partial charge in [-0.05, 0) is 49.7 Å². The van der Waals surface area contributed by atoms with Gasteiger partial charge in [-0.2, -0.15) is 0 Å². The van der Waals surface area contributed by atoms with E-state index in [0.29, 0.717) is 0 Å². The van der Waals surface area contributed by atoms with Crippen molar-refractivity contribution in [3.63, 3.8) is 0 Å². The van der Waals surface area contributed by atoms with Crippen LogP contribution in [0.1, 0.15) is 19.3 Å². The number of hydrogen-bond donors (Lipinski definition) is 4. The fourth-order valence-corrected chi connectivity index (χ4v) is 1.56. The Morgan fingerprint density at radius 3 is 2.44 bits per heavy atom. The molecule has 0 aliphatic carbocycles. The second kappa shape index (κ2) is 9.24. The van der Waals surface area contributed by atoms with E-state index in [0.717, 1.165) is 37.3 Å². The molecule has 1 aromatic rings. The van der Waals surface area contributed by atoms with Gasteiger partial charge in [-0.25, -0.2) is 0 Å². The van der Waals surface area contributed by atoms with E-state index >= 15 is 0 Å². The zero-order valence-corrected chi connectivity index (χ0v) is 10.7. The van der Waals surface area contributed by atoms with Crippen LogP contribution in [0.5, 0.6) is 0 Å². The minimum Gasteiger partial charge on any atom is -0.385 e. The lowest BCUT2D eigenvalue weighted by Crippen LogP contribution is -2.03. The Balaban J connectivity index is 2.27. The molecule has 0 unspecified atom stereocenters. The summed E-state index contributed by atoms with van der Waals surface area (Å²) < 4.78 is 0. The molecule has 0 spiro atoms. The lowest BCUT2D eigenvalue weighted by atomic mass is 10.2. The average molecular weight is 246 g/mol. The number of unbranched alkanes of at least 4 members (excludes halogenated alkanes) is 2. The van der Waals surface area contributed by atoms with Gasteiger partial charge >= 0.3 is 0 Å². The Morgan fingerprint density at radius 2 is 1.78 bits per heavy atom. The Hall–Kier alpha value is -1.81. The Kier molecular flexibility index (Phi) is 7.32. The number of anilines is 2. The second-order valence-corrected chi connectivity index (χ2v) is 4.02. The van der Waals surface area contributed by atoms with Crippen LogP contribution in [-0.4, -0.2) is 19.3 Å². The van der Waals surface area contributed by atoms with Gasteiger partial charge in [-0.1, -0.05) is 6.42 Å². The van der Waals surface area contributed by atoms with Gasteiger partial charge in [-0.15, -0.1) is 0 Å². The van der Waals surface area contributed by atoms with Crippen LogP contribution in [0, 0.1) is 5.41 Å². The molecule has 0 fully saturated rings. The number of hydrogen-bond acceptors (Lipinski definition) is 4. The summed E-state index contributed by atoms with van der Waals surface area (Å²) in [7, 11) is 0. The molecule has 18 heavy (non-hydrogen) atoms. The molecule has 0 bridgehead atoms. The highest BCUT2D eigenvalue weighted by Crippen LogP contribution is 2.13. The smallest absolute Gasteiger partial charge is 0.0381 e. The minimum atomic E-state index is 0.781. The van der Waals surface area contributed by atoms with Crippen molar-refractivity contribution < 1.29 is 0 Å². The maximum atomic E-state index is 6.86. The molecule has 98 valence electrons. The normalized spacial score (nSPS) is 10.5. The molecule has 0 saturated heterocycles. The van der Waals surface area contributed by atoms with Crippen molar-refractivity contribution >= 4 is 17.6 Å². The first-order chi connectivity index (χ1) is 8.86. The Labute approximate surface area is 109 Å². The molecule has 0 aliphatic rings. The summed E-state index contributed by atoms with van der Waals surface area (Å²) in [6.45, 7) is 1.77. The summed E-state index contributed by atoms with van der Waals surface area (Å²) in [6, 6.07) is 8.11. The number of nitrogens with one attached hydrogen (secondary N) is 3. The largest absolute Gasteiger partial charge is 0.385 e. The molecular formula is C14H22N4. The van der Waals surface area contributed by atoms with Crippen LogP contribution >= 0.6 is 0 Å². The fourth-order valence-electron chi connectivity index (χ4n) is 1.56. The first-order valence-corrected chi connectivity index (χ1v) is 6.33. The van der Waals surface area contributed by atoms with Crippen molar-refractivity contribution in [2.24, 2.45) is 5.73 Å². The third-order valence-electron chi connectivity index (χ3n) is 2.54. The fraction of sp³-hybridized carbons (Fsp3) is 0.357. The van der Waals surface area contributed by atoms with Gasteiger partial charge in [0.15, 0.2) is 0 Å². The van der Waals surface area contributed by atoms with Crippen LogP contribution in [0.25, 0.3) is 0 Å². The molecule has 0 atom stereocenters. The highest BCUT2D eigenvalue weighted by atomic mass is 14.9. The van der Waals surface area contributed by atoms with E-state index in [1.165, 1.54) is 12.6 Å². The van der Waals surface area contributed by atoms with Gasteiger partial charge < -0.3 is 21.8 Å². The maximum Gasteiger partial charge on any atom is 0.0381 e. The molecule has 0 heterocycles. The van der Waals surface area contributed by atoms with Gasteiger partial charge in [0, 0.05) is 30.3 Å². The van der Waals surface area contributed by atoms with E-state index in [1.807, 2.05) is 24.3 Å². The molecular weight excluding hydrogens is 224 g/mol. The van der Waals surface area contributed by atoms with E-state index in [2.05, 4.69) is 10.6 Å². The van der Waals surface area contributed by atoms with Gasteiger partial charge in [-0.3, -0.25) is 0 Å². The minimum absolute atomic E-state index is 0.781. The topological polar surface area (TPSA) is 73.9 Å². The van der Waals surface area contributed by atoms with Gasteiger partial charge in [0.05, 0.1) is 0 Å². The quantitative estimate of drug-likeness (QED) is 0.400. The SMILES string of the molecule is N=C/C=C\Nc1ccc(NCCCCCN)cc1. The standard InChI is InChI=1S/C14H22N4/c15-9-2-1-3-11-17-13-5-7-14(8-6-13)18-12-4-10-16/h4-8,10,12,16-18H,1-3,9,11,15H2/b12-4-,16-10?. The second-order valence-electron chi connectivity index (χ2n) is 4.02. The molecule has 0 amide bonds. The molecule has 5 N–H and O–H groups in total. The van der Waals surface area contributed by atoms with E-state index in [-0.39, 0.29) is 0 Å². The summed E-state index contributed by atoms with van der Waals surface area (Å²) in [5, 5.41) is 13.3. The van der Waals surface area contributed by atoms with E-state index in [9.17, 15) is 0 Å². The van der Waals surface area contributed by atoms with Gasteiger partial charge in [0.25, 0.3) is 0 Å². The molecule has 0 radical (unpaired) electrons. The Morgan fingerprint density at radius 1 is 1.06 bits per heavy atom. The van der Waals surface area contributed by atoms with Crippen molar-refractivity contribution in [2.45, 2.75) is 19.3 Å². The predicted molar refractivity (Wildman–Crippen MR) is 79.4 cm³/mol. The number of rotatable bonds is 9. The van der Waals surface area contributed by atoms with Crippen LogP contribution in [0.15, 0.2) is 36.5 Å². The number of nitrogens with two attached hydrogens (primary N) is 1. The lowest BCUT2D eigenvalue weighted by Gasteiger charge is -2.07. The zero-order valence-electron chi connectivity index (χ0n) is 10.7. The molecule has 0 saturated carbocycles. The van der Waals surface area contributed by atoms with E-state index < -0.39 is 0 Å². The van der Waals surface area contributed by atoms with Crippen molar-refractivity contribution in [1.29, 1.82) is 5.41 Å². The average Bonchev–Trinajstić information content (AvgIpc) is 2.40. The van der Waals surface area contributed by atoms with E-state index in [1.54, 1.807) is 12.3 Å². The van der Waals surface area contributed by atoms with Gasteiger partial charge in [0.2, 0.25) is 0 Å². The summed E-state index contributed by atoms with van der Waals surface area (Å²) in [5.41, 5.74) is 7.59. The van der Waals surface area contributed by atoms with E-state index in [4.69, 9.17) is 11.1 Å². The van der Waals surface area contributed by atoms with Crippen molar-refractivity contribution in [3.8, 4) is 0 Å². The maximum absolute atomic E-state index is 6.86. The molecule has 4 nitrogen and oxygen atoms in total. The first-order valence-electron chi connectivity index (χ1n) is 6.33. The van der Waals surface area contributed by atoms with Crippen LogP contribution in [-0.2, 0) is 0 Å². The third-order valence-corrected chi connectivity index (χ3v) is 2.54. The monoisotopic (exact) mass is 246 g/mol. The van der Waals surface area contributed by atoms with Crippen LogP contribution in [0.4, 0.5) is 11.4 Å². The third kappa shape index (κ3) is 6.06. The molecule has 4 heteroatoms. The van der Waals surface area contributed by atoms with Crippen molar-refractivity contribution in [1.82, 2.24) is 0 Å². The molecule has 1 rings (SSSR count). The van der Waals surface area contributed by atoms with Gasteiger partial charge in [0.1, 0.15) is 0 Å². The zero-order chi connectivity index (χ0) is 13.1. The number of allylic oxidation sites excluding steroid dienone is 1. The summed E-state index contributed by atoms with van der Waals surface area (Å²) in [4.78, 5) is 0. The van der Waals surface area contributed by atoms with Crippen LogP contribution < -0.4 is 16.4 Å². The summed E-state index contributed by atoms with van der Waals surface area (Å²) in [6.07, 6.45) is 8.05. The molecule has 0 aromatic heterocycles. The van der Waals surface area contributed by atoms with Crippen molar-refractivity contribution in [2.75, 3.05) is 23.7 Å².